The highest BCUT2D eigenvalue weighted by Crippen LogP contribution is 2.30. The highest BCUT2D eigenvalue weighted by Gasteiger charge is 2.37. The van der Waals surface area contributed by atoms with E-state index in [1.54, 1.807) is 0 Å². The van der Waals surface area contributed by atoms with Gasteiger partial charge in [0, 0.05) is 17.4 Å². The summed E-state index contributed by atoms with van der Waals surface area (Å²) in [5, 5.41) is 2.55. The summed E-state index contributed by atoms with van der Waals surface area (Å²) in [6.07, 6.45) is 2.52. The lowest BCUT2D eigenvalue weighted by Crippen LogP contribution is -2.50. The molecule has 25 heavy (non-hydrogen) atoms. The highest BCUT2D eigenvalue weighted by molar-refractivity contribution is 6.90. The van der Waals surface area contributed by atoms with Gasteiger partial charge in [0.15, 0.2) is 0 Å². The Kier molecular flexibility index (Phi) is 5.09. The van der Waals surface area contributed by atoms with E-state index in [9.17, 15) is 4.79 Å². The minimum absolute atomic E-state index is 0.105. The van der Waals surface area contributed by atoms with Gasteiger partial charge < -0.3 is 9.30 Å². The second-order valence-corrected chi connectivity index (χ2v) is 11.6. The van der Waals surface area contributed by atoms with Crippen LogP contribution in [0.2, 0.25) is 13.1 Å². The molecule has 0 spiro atoms. The zero-order valence-electron chi connectivity index (χ0n) is 15.1. The predicted octanol–water partition coefficient (Wildman–Crippen LogP) is 4.29. The molecule has 0 fully saturated rings. The number of fused-ring (bicyclic) bond motifs is 1. The largest absolute Gasteiger partial charge is 0.466 e. The number of ether oxygens (including phenoxy) is 1. The van der Waals surface area contributed by atoms with Crippen molar-refractivity contribution in [3.63, 3.8) is 0 Å². The summed E-state index contributed by atoms with van der Waals surface area (Å²) in [5.74, 6) is -0.123. The van der Waals surface area contributed by atoms with Gasteiger partial charge in [-0.2, -0.15) is 0 Å². The average molecular weight is 352 g/mol. The van der Waals surface area contributed by atoms with Crippen LogP contribution < -0.4 is 5.19 Å². The first-order chi connectivity index (χ1) is 12.0. The Bertz CT molecular complexity index is 854. The third-order valence-electron chi connectivity index (χ3n) is 4.98. The Morgan fingerprint density at radius 2 is 1.72 bits per heavy atom. The number of hydrogen-bond acceptors (Lipinski definition) is 2. The van der Waals surface area contributed by atoms with E-state index in [1.807, 2.05) is 19.1 Å². The van der Waals surface area contributed by atoms with Crippen LogP contribution in [0, 0.1) is 0 Å². The number of esters is 1. The average Bonchev–Trinajstić information content (AvgIpc) is 3.04. The van der Waals surface area contributed by atoms with Crippen LogP contribution in [0.3, 0.4) is 0 Å². The molecule has 0 aliphatic rings. The number of rotatable bonds is 6. The minimum atomic E-state index is -1.96. The molecule has 0 amide bonds. The third kappa shape index (κ3) is 3.54. The van der Waals surface area contributed by atoms with Gasteiger partial charge in [-0.3, -0.25) is 4.79 Å². The molecule has 1 heterocycles. The van der Waals surface area contributed by atoms with Gasteiger partial charge in [-0.15, -0.1) is 0 Å². The normalized spacial score (nSPS) is 12.9. The van der Waals surface area contributed by atoms with E-state index < -0.39 is 8.07 Å². The lowest BCUT2D eigenvalue weighted by molar-refractivity contribution is -0.143. The molecule has 0 saturated heterocycles. The molecule has 1 atom stereocenters. The number of benzene rings is 2. The predicted molar refractivity (Wildman–Crippen MR) is 106 cm³/mol. The Morgan fingerprint density at radius 3 is 2.44 bits per heavy atom. The van der Waals surface area contributed by atoms with Gasteiger partial charge >= 0.3 is 5.97 Å². The molecular weight excluding hydrogens is 326 g/mol. The van der Waals surface area contributed by atoms with E-state index in [0.29, 0.717) is 13.0 Å². The summed E-state index contributed by atoms with van der Waals surface area (Å²) in [4.78, 5) is 12.3. The van der Waals surface area contributed by atoms with Crippen LogP contribution in [0.15, 0.2) is 66.9 Å². The number of para-hydroxylation sites is 1. The molecule has 0 bridgehead atoms. The van der Waals surface area contributed by atoms with E-state index in [2.05, 4.69) is 72.4 Å². The second-order valence-electron chi connectivity index (χ2n) is 6.89. The Hall–Kier alpha value is -2.33. The summed E-state index contributed by atoms with van der Waals surface area (Å²) in [7, 11) is -1.96. The van der Waals surface area contributed by atoms with Crippen molar-refractivity contribution in [3.8, 4) is 0 Å². The van der Waals surface area contributed by atoms with Gasteiger partial charge in [0.05, 0.1) is 13.0 Å². The molecule has 0 radical (unpaired) electrons. The zero-order chi connectivity index (χ0) is 17.9. The maximum absolute atomic E-state index is 12.3. The van der Waals surface area contributed by atoms with Crippen LogP contribution in [0.1, 0.15) is 19.0 Å². The van der Waals surface area contributed by atoms with Crippen molar-refractivity contribution in [2.75, 3.05) is 6.61 Å². The van der Waals surface area contributed by atoms with Crippen molar-refractivity contribution in [1.29, 1.82) is 0 Å². The smallest absolute Gasteiger partial charge is 0.307 e. The Labute approximate surface area is 150 Å². The summed E-state index contributed by atoms with van der Waals surface area (Å²) < 4.78 is 7.57. The van der Waals surface area contributed by atoms with Crippen LogP contribution in [-0.2, 0) is 9.53 Å². The third-order valence-corrected chi connectivity index (χ3v) is 8.95. The van der Waals surface area contributed by atoms with Crippen LogP contribution in [0.4, 0.5) is 0 Å². The number of nitrogens with zero attached hydrogens (tertiary/aromatic N) is 1. The van der Waals surface area contributed by atoms with Crippen molar-refractivity contribution >= 4 is 30.1 Å². The monoisotopic (exact) mass is 351 g/mol. The maximum Gasteiger partial charge on any atom is 0.307 e. The topological polar surface area (TPSA) is 31.2 Å². The summed E-state index contributed by atoms with van der Waals surface area (Å²) >= 11 is 0. The van der Waals surface area contributed by atoms with E-state index in [-0.39, 0.29) is 11.6 Å². The van der Waals surface area contributed by atoms with Crippen LogP contribution in [0.25, 0.3) is 10.9 Å². The van der Waals surface area contributed by atoms with Gasteiger partial charge in [-0.05, 0) is 24.4 Å². The van der Waals surface area contributed by atoms with Crippen molar-refractivity contribution in [3.05, 3.63) is 66.9 Å². The van der Waals surface area contributed by atoms with Crippen molar-refractivity contribution in [2.45, 2.75) is 32.1 Å². The van der Waals surface area contributed by atoms with E-state index in [4.69, 9.17) is 4.74 Å². The SMILES string of the molecule is CCOC(=O)CC(n1ccc2ccccc21)[Si](C)(C)c1ccccc1. The number of carbonyl (C=O) groups is 1. The van der Waals surface area contributed by atoms with E-state index >= 15 is 0 Å². The van der Waals surface area contributed by atoms with Gasteiger partial charge in [-0.1, -0.05) is 66.8 Å². The fourth-order valence-electron chi connectivity index (χ4n) is 3.52. The quantitative estimate of drug-likeness (QED) is 0.490. The van der Waals surface area contributed by atoms with Gasteiger partial charge in [-0.25, -0.2) is 0 Å². The van der Waals surface area contributed by atoms with Crippen molar-refractivity contribution in [1.82, 2.24) is 4.57 Å². The summed E-state index contributed by atoms with van der Waals surface area (Å²) in [5.41, 5.74) is 1.28. The Balaban J connectivity index is 2.08. The van der Waals surface area contributed by atoms with E-state index in [0.717, 1.165) is 0 Å². The van der Waals surface area contributed by atoms with Crippen molar-refractivity contribution < 1.29 is 9.53 Å². The molecule has 0 N–H and O–H groups in total. The second kappa shape index (κ2) is 7.27. The first-order valence-corrected chi connectivity index (χ1v) is 11.9. The molecule has 1 aromatic heterocycles. The fraction of sp³-hybridized carbons (Fsp3) is 0.286. The lowest BCUT2D eigenvalue weighted by atomic mass is 10.2. The molecule has 2 aromatic carbocycles. The van der Waals surface area contributed by atoms with Gasteiger partial charge in [0.25, 0.3) is 0 Å². The van der Waals surface area contributed by atoms with Crippen molar-refractivity contribution in [2.24, 2.45) is 0 Å². The van der Waals surface area contributed by atoms with Crippen LogP contribution in [0.5, 0.6) is 0 Å². The first-order valence-electron chi connectivity index (χ1n) is 8.80. The molecule has 130 valence electrons. The summed E-state index contributed by atoms with van der Waals surface area (Å²) in [6.45, 7) is 6.95. The summed E-state index contributed by atoms with van der Waals surface area (Å²) in [6, 6.07) is 21.1. The lowest BCUT2D eigenvalue weighted by Gasteiger charge is -2.34. The van der Waals surface area contributed by atoms with Gasteiger partial charge in [0.1, 0.15) is 8.07 Å². The number of carbonyl (C=O) groups excluding carboxylic acids is 1. The molecule has 0 aliphatic heterocycles. The molecule has 0 saturated carbocycles. The van der Waals surface area contributed by atoms with Crippen LogP contribution in [-0.4, -0.2) is 25.2 Å². The van der Waals surface area contributed by atoms with Crippen LogP contribution >= 0.6 is 0 Å². The molecule has 0 aliphatic carbocycles. The molecule has 3 aromatic rings. The van der Waals surface area contributed by atoms with Gasteiger partial charge in [0.2, 0.25) is 0 Å². The molecular formula is C21H25NO2Si. The molecule has 1 unspecified atom stereocenters. The molecule has 4 heteroatoms. The standard InChI is InChI=1S/C21H25NO2Si/c1-4-24-21(23)16-20(25(2,3)18-11-6-5-7-12-18)22-15-14-17-10-8-9-13-19(17)22/h5-15,20H,4,16H2,1-3H3. The first kappa shape index (κ1) is 17.5. The minimum Gasteiger partial charge on any atom is -0.466 e. The maximum atomic E-state index is 12.3. The number of hydrogen-bond donors (Lipinski definition) is 0. The molecule has 3 rings (SSSR count). The number of aromatic nitrogens is 1. The highest BCUT2D eigenvalue weighted by atomic mass is 28.3. The van der Waals surface area contributed by atoms with E-state index in [1.165, 1.54) is 16.1 Å². The fourth-order valence-corrected chi connectivity index (χ4v) is 6.55. The molecule has 3 nitrogen and oxygen atoms in total. The zero-order valence-corrected chi connectivity index (χ0v) is 16.1. The Morgan fingerprint density at radius 1 is 1.04 bits per heavy atom.